The number of aromatic nitrogens is 2. The van der Waals surface area contributed by atoms with Crippen molar-refractivity contribution < 1.29 is 44.7 Å². The van der Waals surface area contributed by atoms with Crippen molar-refractivity contribution >= 4 is 31.5 Å². The van der Waals surface area contributed by atoms with E-state index in [9.17, 15) is 34.8 Å². The molecule has 224 valence electrons. The Hall–Kier alpha value is -3.29. The Bertz CT molecular complexity index is 1600. The Kier molecular flexibility index (Phi) is 8.90. The topological polar surface area (TPSA) is 163 Å². The molecule has 4 rings (SSSR count). The number of hydrogen-bond acceptors (Lipinski definition) is 9. The predicted octanol–water partition coefficient (Wildman–Crippen LogP) is 0.662. The van der Waals surface area contributed by atoms with Gasteiger partial charge in [0.15, 0.2) is 5.69 Å². The molecule has 1 aliphatic heterocycles. The Morgan fingerprint density at radius 2 is 1.73 bits per heavy atom. The van der Waals surface area contributed by atoms with Crippen LogP contribution >= 0.6 is 0 Å². The largest absolute Gasteiger partial charge is 0.489 e. The summed E-state index contributed by atoms with van der Waals surface area (Å²) in [5.41, 5.74) is 0.437. The molecule has 1 fully saturated rings. The van der Waals surface area contributed by atoms with E-state index in [1.165, 1.54) is 52.4 Å². The Labute approximate surface area is 233 Å². The van der Waals surface area contributed by atoms with E-state index in [0.29, 0.717) is 0 Å². The number of nitrogens with zero attached hydrogens (tertiary/aromatic N) is 4. The van der Waals surface area contributed by atoms with Crippen molar-refractivity contribution in [1.29, 1.82) is 0 Å². The summed E-state index contributed by atoms with van der Waals surface area (Å²) in [6.45, 7) is -0.481. The third-order valence-corrected chi connectivity index (χ3v) is 9.23. The molecule has 0 unspecified atom stereocenters. The van der Waals surface area contributed by atoms with Crippen LogP contribution in [0, 0.1) is 0 Å². The molecule has 0 spiro atoms. The molecule has 1 aromatic carbocycles. The zero-order valence-corrected chi connectivity index (χ0v) is 23.2. The van der Waals surface area contributed by atoms with Gasteiger partial charge in [-0.15, -0.1) is 0 Å². The molecule has 1 amide bonds. The molecule has 1 atom stereocenters. The van der Waals surface area contributed by atoms with Gasteiger partial charge in [0.2, 0.25) is 20.0 Å². The molecule has 1 aliphatic rings. The molecule has 18 heteroatoms. The van der Waals surface area contributed by atoms with E-state index >= 15 is 0 Å². The number of halogens is 3. The minimum Gasteiger partial charge on any atom is -0.489 e. The number of pyridine rings is 1. The lowest BCUT2D eigenvalue weighted by atomic mass is 10.2. The first-order valence-electron chi connectivity index (χ1n) is 12.1. The fourth-order valence-corrected chi connectivity index (χ4v) is 6.24. The fourth-order valence-electron chi connectivity index (χ4n) is 4.37. The normalized spacial score (nSPS) is 16.5. The van der Waals surface area contributed by atoms with Crippen LogP contribution in [0.2, 0.25) is 0 Å². The number of sulfonamides is 2. The van der Waals surface area contributed by atoms with Gasteiger partial charge in [0.1, 0.15) is 18.4 Å². The molecule has 0 bridgehead atoms. The summed E-state index contributed by atoms with van der Waals surface area (Å²) < 4.78 is 99.9. The molecule has 3 aromatic rings. The fraction of sp³-hybridized carbons (Fsp3) is 0.391. The van der Waals surface area contributed by atoms with Crippen LogP contribution in [-0.4, -0.2) is 91.8 Å². The number of amides is 1. The predicted molar refractivity (Wildman–Crippen MR) is 138 cm³/mol. The van der Waals surface area contributed by atoms with Crippen LogP contribution in [0.1, 0.15) is 11.3 Å². The first-order valence-corrected chi connectivity index (χ1v) is 15.4. The van der Waals surface area contributed by atoms with Crippen molar-refractivity contribution in [3.8, 4) is 5.75 Å². The van der Waals surface area contributed by atoms with Gasteiger partial charge in [0.05, 0.1) is 16.7 Å². The van der Waals surface area contributed by atoms with Crippen LogP contribution < -0.4 is 14.9 Å². The van der Waals surface area contributed by atoms with Gasteiger partial charge >= 0.3 is 6.18 Å². The second-order valence-electron chi connectivity index (χ2n) is 9.16. The molecular weight excluding hydrogens is 593 g/mol. The summed E-state index contributed by atoms with van der Waals surface area (Å²) in [5, 5.41) is 12.7. The Balaban J connectivity index is 1.42. The molecule has 13 nitrogen and oxygen atoms in total. The first-order chi connectivity index (χ1) is 19.2. The van der Waals surface area contributed by atoms with Crippen LogP contribution in [-0.2, 0) is 37.6 Å². The standard InChI is InChI=1S/C23H27F3N6O7S2/c1-40(35,36)31-12-10-30(11-13-31)20(22(33)29-34)14-27-41(37,38)17-7-5-16(6-8-17)39-15-18-19-4-2-3-9-32(19)28-21(18)23(24,25)26/h2-9,20,27,34H,10-15H2,1H3,(H,29,33)/t20-/m0/s1. The molecular formula is C23H27F3N6O7S2. The average molecular weight is 621 g/mol. The van der Waals surface area contributed by atoms with Gasteiger partial charge in [0.25, 0.3) is 5.91 Å². The highest BCUT2D eigenvalue weighted by molar-refractivity contribution is 7.89. The van der Waals surface area contributed by atoms with Crippen molar-refractivity contribution in [1.82, 2.24) is 29.0 Å². The zero-order chi connectivity index (χ0) is 30.0. The van der Waals surface area contributed by atoms with E-state index in [2.05, 4.69) is 9.82 Å². The zero-order valence-electron chi connectivity index (χ0n) is 21.6. The van der Waals surface area contributed by atoms with Gasteiger partial charge in [-0.3, -0.25) is 14.9 Å². The number of piperazine rings is 1. The van der Waals surface area contributed by atoms with Crippen molar-refractivity contribution in [2.45, 2.75) is 23.7 Å². The molecule has 41 heavy (non-hydrogen) atoms. The van der Waals surface area contributed by atoms with E-state index in [0.717, 1.165) is 10.8 Å². The number of carbonyl (C=O) groups excluding carboxylic acids is 1. The molecule has 1 saturated heterocycles. The lowest BCUT2D eigenvalue weighted by Crippen LogP contribution is -2.58. The lowest BCUT2D eigenvalue weighted by Gasteiger charge is -2.37. The smallest absolute Gasteiger partial charge is 0.435 e. The van der Waals surface area contributed by atoms with E-state index in [4.69, 9.17) is 9.94 Å². The summed E-state index contributed by atoms with van der Waals surface area (Å²) in [6.07, 6.45) is -2.27. The van der Waals surface area contributed by atoms with Gasteiger partial charge in [-0.1, -0.05) is 6.07 Å². The maximum Gasteiger partial charge on any atom is 0.435 e. The number of nitrogens with one attached hydrogen (secondary N) is 2. The van der Waals surface area contributed by atoms with Gasteiger partial charge in [-0.05, 0) is 36.4 Å². The van der Waals surface area contributed by atoms with Gasteiger partial charge in [0, 0.05) is 44.5 Å². The molecule has 3 heterocycles. The van der Waals surface area contributed by atoms with Crippen molar-refractivity contribution in [3.05, 3.63) is 59.9 Å². The quantitative estimate of drug-likeness (QED) is 0.218. The van der Waals surface area contributed by atoms with E-state index in [1.807, 2.05) is 0 Å². The van der Waals surface area contributed by atoms with Gasteiger partial charge in [-0.2, -0.15) is 22.6 Å². The summed E-state index contributed by atoms with van der Waals surface area (Å²) in [7, 11) is -7.59. The highest BCUT2D eigenvalue weighted by Crippen LogP contribution is 2.33. The third-order valence-electron chi connectivity index (χ3n) is 6.49. The van der Waals surface area contributed by atoms with Crippen LogP contribution in [0.5, 0.6) is 5.75 Å². The lowest BCUT2D eigenvalue weighted by molar-refractivity contribution is -0.142. The SMILES string of the molecule is CS(=O)(=O)N1CCN([C@@H](CNS(=O)(=O)c2ccc(OCc3c(C(F)(F)F)nn4ccccc34)cc2)C(=O)NO)CC1. The van der Waals surface area contributed by atoms with Crippen molar-refractivity contribution in [2.24, 2.45) is 0 Å². The number of ether oxygens (including phenoxy) is 1. The number of hydrogen-bond donors (Lipinski definition) is 3. The molecule has 2 aromatic heterocycles. The minimum atomic E-state index is -4.71. The third kappa shape index (κ3) is 7.14. The Morgan fingerprint density at radius 3 is 2.32 bits per heavy atom. The molecule has 0 saturated carbocycles. The number of fused-ring (bicyclic) bond motifs is 1. The van der Waals surface area contributed by atoms with E-state index < -0.39 is 57.0 Å². The maximum atomic E-state index is 13.5. The minimum absolute atomic E-state index is 0.0853. The van der Waals surface area contributed by atoms with Gasteiger partial charge in [-0.25, -0.2) is 31.6 Å². The summed E-state index contributed by atoms with van der Waals surface area (Å²) in [5.74, 6) is -0.774. The molecule has 3 N–H and O–H groups in total. The summed E-state index contributed by atoms with van der Waals surface area (Å²) >= 11 is 0. The number of alkyl halides is 3. The summed E-state index contributed by atoms with van der Waals surface area (Å²) in [6, 6.07) is 8.36. The number of hydroxylamine groups is 1. The van der Waals surface area contributed by atoms with Crippen LogP contribution in [0.25, 0.3) is 5.52 Å². The summed E-state index contributed by atoms with van der Waals surface area (Å²) in [4.78, 5) is 13.6. The molecule has 0 aliphatic carbocycles. The Morgan fingerprint density at radius 1 is 1.07 bits per heavy atom. The maximum absolute atomic E-state index is 13.5. The second kappa shape index (κ2) is 11.9. The second-order valence-corrected chi connectivity index (χ2v) is 12.9. The monoisotopic (exact) mass is 620 g/mol. The van der Waals surface area contributed by atoms with Crippen LogP contribution in [0.4, 0.5) is 13.2 Å². The number of carbonyl (C=O) groups is 1. The number of benzene rings is 1. The van der Waals surface area contributed by atoms with Crippen molar-refractivity contribution in [2.75, 3.05) is 39.0 Å². The highest BCUT2D eigenvalue weighted by Gasteiger charge is 2.38. The number of rotatable bonds is 10. The van der Waals surface area contributed by atoms with Gasteiger partial charge < -0.3 is 4.74 Å². The van der Waals surface area contributed by atoms with Crippen LogP contribution in [0.3, 0.4) is 0 Å². The van der Waals surface area contributed by atoms with E-state index in [1.54, 1.807) is 11.0 Å². The first kappa shape index (κ1) is 30.7. The van der Waals surface area contributed by atoms with Crippen LogP contribution in [0.15, 0.2) is 53.6 Å². The highest BCUT2D eigenvalue weighted by atomic mass is 32.2. The molecule has 0 radical (unpaired) electrons. The van der Waals surface area contributed by atoms with Crippen molar-refractivity contribution in [3.63, 3.8) is 0 Å². The average Bonchev–Trinajstić information content (AvgIpc) is 3.31. The van der Waals surface area contributed by atoms with E-state index in [-0.39, 0.29) is 47.9 Å².